The Morgan fingerprint density at radius 3 is 2.95 bits per heavy atom. The fraction of sp³-hybridized carbons (Fsp3) is 0.462. The van der Waals surface area contributed by atoms with Gasteiger partial charge >= 0.3 is 0 Å². The van der Waals surface area contributed by atoms with Crippen molar-refractivity contribution in [3.63, 3.8) is 0 Å². The number of hydrogen-bond donors (Lipinski definition) is 2. The number of rotatable bonds is 4. The van der Waals surface area contributed by atoms with Crippen molar-refractivity contribution in [3.05, 3.63) is 32.3 Å². The number of carbonyl (C=O) groups excluding carboxylic acids is 1. The third kappa shape index (κ3) is 3.55. The molecule has 0 aromatic heterocycles. The highest BCUT2D eigenvalue weighted by molar-refractivity contribution is 9.10. The molecule has 0 bridgehead atoms. The van der Waals surface area contributed by atoms with Crippen LogP contribution >= 0.6 is 15.9 Å². The van der Waals surface area contributed by atoms with E-state index in [1.807, 2.05) is 0 Å². The van der Waals surface area contributed by atoms with Gasteiger partial charge in [0, 0.05) is 22.5 Å². The van der Waals surface area contributed by atoms with E-state index in [0.717, 1.165) is 19.5 Å². The highest BCUT2D eigenvalue weighted by Crippen LogP contribution is 2.31. The molecule has 1 heterocycles. The van der Waals surface area contributed by atoms with Gasteiger partial charge in [0.2, 0.25) is 5.91 Å². The van der Waals surface area contributed by atoms with E-state index in [0.29, 0.717) is 28.1 Å². The lowest BCUT2D eigenvalue weighted by Crippen LogP contribution is -2.18. The standard InChI is InChI=1S/C13H16BrN3O3/c1-8-4-10(14)11(6-12(8)17(19)20)16-13(18)5-9-2-3-15-7-9/h4,6,9,15H,2-3,5,7H2,1H3,(H,16,18). The zero-order valence-electron chi connectivity index (χ0n) is 11.1. The Hall–Kier alpha value is -1.47. The molecule has 0 radical (unpaired) electrons. The number of hydrogen-bond acceptors (Lipinski definition) is 4. The summed E-state index contributed by atoms with van der Waals surface area (Å²) in [5.74, 6) is 0.228. The van der Waals surface area contributed by atoms with Crippen LogP contribution in [0.2, 0.25) is 0 Å². The average Bonchev–Trinajstić information content (AvgIpc) is 2.84. The fourth-order valence-electron chi connectivity index (χ4n) is 2.31. The molecule has 1 aliphatic rings. The van der Waals surface area contributed by atoms with Crippen molar-refractivity contribution in [2.45, 2.75) is 19.8 Å². The largest absolute Gasteiger partial charge is 0.325 e. The molecule has 1 aromatic carbocycles. The van der Waals surface area contributed by atoms with E-state index in [-0.39, 0.29) is 11.6 Å². The molecule has 108 valence electrons. The van der Waals surface area contributed by atoms with Gasteiger partial charge in [0.15, 0.2) is 0 Å². The lowest BCUT2D eigenvalue weighted by atomic mass is 10.0. The lowest BCUT2D eigenvalue weighted by molar-refractivity contribution is -0.385. The molecular weight excluding hydrogens is 326 g/mol. The second-order valence-corrected chi connectivity index (χ2v) is 5.84. The van der Waals surface area contributed by atoms with Gasteiger partial charge in [0.05, 0.1) is 10.6 Å². The normalized spacial score (nSPS) is 18.0. The second kappa shape index (κ2) is 6.32. The number of nitro benzene ring substituents is 1. The van der Waals surface area contributed by atoms with Crippen molar-refractivity contribution in [1.82, 2.24) is 5.32 Å². The molecule has 1 fully saturated rings. The van der Waals surface area contributed by atoms with Crippen LogP contribution in [-0.2, 0) is 4.79 Å². The predicted molar refractivity (Wildman–Crippen MR) is 79.8 cm³/mol. The highest BCUT2D eigenvalue weighted by atomic mass is 79.9. The Bertz CT molecular complexity index is 542. The second-order valence-electron chi connectivity index (χ2n) is 4.99. The maximum atomic E-state index is 12.0. The van der Waals surface area contributed by atoms with Crippen LogP contribution in [0.1, 0.15) is 18.4 Å². The van der Waals surface area contributed by atoms with Gasteiger partial charge in [-0.15, -0.1) is 0 Å². The van der Waals surface area contributed by atoms with Crippen LogP contribution in [0, 0.1) is 23.0 Å². The average molecular weight is 342 g/mol. The van der Waals surface area contributed by atoms with Crippen LogP contribution in [-0.4, -0.2) is 23.9 Å². The molecule has 1 amide bonds. The van der Waals surface area contributed by atoms with Crippen molar-refractivity contribution in [1.29, 1.82) is 0 Å². The van der Waals surface area contributed by atoms with E-state index in [4.69, 9.17) is 0 Å². The molecule has 0 aliphatic carbocycles. The first-order valence-electron chi connectivity index (χ1n) is 6.42. The topological polar surface area (TPSA) is 84.3 Å². The Kier molecular flexibility index (Phi) is 4.72. The molecule has 1 aliphatic heterocycles. The van der Waals surface area contributed by atoms with Crippen molar-refractivity contribution in [2.75, 3.05) is 18.4 Å². The van der Waals surface area contributed by atoms with Gasteiger partial charge < -0.3 is 10.6 Å². The van der Waals surface area contributed by atoms with Crippen molar-refractivity contribution in [3.8, 4) is 0 Å². The van der Waals surface area contributed by atoms with Gasteiger partial charge in [-0.3, -0.25) is 14.9 Å². The maximum Gasteiger partial charge on any atom is 0.274 e. The Labute approximate surface area is 125 Å². The minimum absolute atomic E-state index is 0.00559. The Balaban J connectivity index is 2.09. The molecule has 0 saturated carbocycles. The first kappa shape index (κ1) is 14.9. The highest BCUT2D eigenvalue weighted by Gasteiger charge is 2.20. The third-order valence-electron chi connectivity index (χ3n) is 3.39. The summed E-state index contributed by atoms with van der Waals surface area (Å²) in [6.07, 6.45) is 1.42. The fourth-order valence-corrected chi connectivity index (χ4v) is 2.86. The summed E-state index contributed by atoms with van der Waals surface area (Å²) in [7, 11) is 0. The zero-order chi connectivity index (χ0) is 14.7. The zero-order valence-corrected chi connectivity index (χ0v) is 12.7. The van der Waals surface area contributed by atoms with Crippen molar-refractivity contribution < 1.29 is 9.72 Å². The minimum Gasteiger partial charge on any atom is -0.325 e. The minimum atomic E-state index is -0.446. The number of nitrogens with one attached hydrogen (secondary N) is 2. The van der Waals surface area contributed by atoms with Crippen LogP contribution in [0.15, 0.2) is 16.6 Å². The van der Waals surface area contributed by atoms with Crippen molar-refractivity contribution >= 4 is 33.2 Å². The predicted octanol–water partition coefficient (Wildman–Crippen LogP) is 2.60. The van der Waals surface area contributed by atoms with E-state index < -0.39 is 4.92 Å². The molecule has 1 unspecified atom stereocenters. The SMILES string of the molecule is Cc1cc(Br)c(NC(=O)CC2CCNC2)cc1[N+](=O)[O-]. The first-order chi connectivity index (χ1) is 9.47. The number of nitro groups is 1. The summed E-state index contributed by atoms with van der Waals surface area (Å²) in [5, 5.41) is 16.9. The van der Waals surface area contributed by atoms with Gasteiger partial charge in [-0.2, -0.15) is 0 Å². The van der Waals surface area contributed by atoms with Crippen LogP contribution in [0.4, 0.5) is 11.4 Å². The summed E-state index contributed by atoms with van der Waals surface area (Å²) in [4.78, 5) is 22.4. The molecular formula is C13H16BrN3O3. The monoisotopic (exact) mass is 341 g/mol. The first-order valence-corrected chi connectivity index (χ1v) is 7.21. The van der Waals surface area contributed by atoms with E-state index in [9.17, 15) is 14.9 Å². The maximum absolute atomic E-state index is 12.0. The van der Waals surface area contributed by atoms with Crippen molar-refractivity contribution in [2.24, 2.45) is 5.92 Å². The molecule has 20 heavy (non-hydrogen) atoms. The summed E-state index contributed by atoms with van der Waals surface area (Å²) in [6.45, 7) is 3.46. The van der Waals surface area contributed by atoms with E-state index in [1.165, 1.54) is 6.07 Å². The van der Waals surface area contributed by atoms with Gasteiger partial charge in [-0.25, -0.2) is 0 Å². The van der Waals surface area contributed by atoms with Crippen LogP contribution in [0.25, 0.3) is 0 Å². The molecule has 1 atom stereocenters. The van der Waals surface area contributed by atoms with Gasteiger partial charge in [-0.1, -0.05) is 0 Å². The Morgan fingerprint density at radius 1 is 1.60 bits per heavy atom. The Morgan fingerprint density at radius 2 is 2.35 bits per heavy atom. The van der Waals surface area contributed by atoms with Gasteiger partial charge in [0.1, 0.15) is 0 Å². The van der Waals surface area contributed by atoms with Crippen LogP contribution < -0.4 is 10.6 Å². The van der Waals surface area contributed by atoms with Gasteiger partial charge in [-0.05, 0) is 54.3 Å². The number of benzene rings is 1. The number of carbonyl (C=O) groups is 1. The summed E-state index contributed by atoms with van der Waals surface area (Å²) in [5.41, 5.74) is 1.00. The lowest BCUT2D eigenvalue weighted by Gasteiger charge is -2.11. The van der Waals surface area contributed by atoms with Crippen LogP contribution in [0.3, 0.4) is 0 Å². The van der Waals surface area contributed by atoms with Gasteiger partial charge in [0.25, 0.3) is 5.69 Å². The molecule has 1 saturated heterocycles. The number of nitrogens with zero attached hydrogens (tertiary/aromatic N) is 1. The summed E-state index contributed by atoms with van der Waals surface area (Å²) >= 11 is 3.32. The molecule has 0 spiro atoms. The number of amides is 1. The third-order valence-corrected chi connectivity index (χ3v) is 4.05. The smallest absolute Gasteiger partial charge is 0.274 e. The molecule has 2 rings (SSSR count). The molecule has 1 aromatic rings. The summed E-state index contributed by atoms with van der Waals surface area (Å²) in [6, 6.07) is 3.04. The quantitative estimate of drug-likeness (QED) is 0.651. The van der Waals surface area contributed by atoms with E-state index in [1.54, 1.807) is 13.0 Å². The van der Waals surface area contributed by atoms with Crippen LogP contribution in [0.5, 0.6) is 0 Å². The summed E-state index contributed by atoms with van der Waals surface area (Å²) < 4.78 is 0.651. The molecule has 7 heteroatoms. The van der Waals surface area contributed by atoms with E-state index in [2.05, 4.69) is 26.6 Å². The molecule has 6 nitrogen and oxygen atoms in total. The van der Waals surface area contributed by atoms with E-state index >= 15 is 0 Å². The number of aryl methyl sites for hydroxylation is 1. The molecule has 2 N–H and O–H groups in total. The number of halogens is 1. The number of anilines is 1.